The van der Waals surface area contributed by atoms with E-state index in [1.54, 1.807) is 7.11 Å². The SMILES string of the molecule is COC1CCN(S(=O)(=O)c2cc(Br)c(F)cc2N)C1. The van der Waals surface area contributed by atoms with Crippen LogP contribution < -0.4 is 5.73 Å². The highest BCUT2D eigenvalue weighted by atomic mass is 79.9. The summed E-state index contributed by atoms with van der Waals surface area (Å²) < 4.78 is 44.7. The van der Waals surface area contributed by atoms with Gasteiger partial charge in [0.1, 0.15) is 10.7 Å². The van der Waals surface area contributed by atoms with E-state index in [0.717, 1.165) is 6.07 Å². The molecule has 1 fully saturated rings. The van der Waals surface area contributed by atoms with Gasteiger partial charge in [-0.25, -0.2) is 12.8 Å². The molecular formula is C11H14BrFN2O3S. The van der Waals surface area contributed by atoms with Crippen molar-refractivity contribution < 1.29 is 17.5 Å². The molecule has 0 amide bonds. The predicted molar refractivity (Wildman–Crippen MR) is 72.7 cm³/mol. The summed E-state index contributed by atoms with van der Waals surface area (Å²) in [5, 5.41) is 0. The third-order valence-corrected chi connectivity index (χ3v) is 5.64. The van der Waals surface area contributed by atoms with Crippen LogP contribution in [-0.2, 0) is 14.8 Å². The lowest BCUT2D eigenvalue weighted by atomic mass is 10.3. The van der Waals surface area contributed by atoms with Crippen LogP contribution in [0.2, 0.25) is 0 Å². The normalized spacial score (nSPS) is 20.9. The van der Waals surface area contributed by atoms with Gasteiger partial charge in [0.2, 0.25) is 10.0 Å². The fourth-order valence-electron chi connectivity index (χ4n) is 2.01. The Kier molecular flexibility index (Phi) is 4.14. The molecular weight excluding hydrogens is 339 g/mol. The second kappa shape index (κ2) is 5.35. The van der Waals surface area contributed by atoms with Crippen LogP contribution in [0.1, 0.15) is 6.42 Å². The van der Waals surface area contributed by atoms with Crippen LogP contribution in [0.4, 0.5) is 10.1 Å². The molecule has 0 radical (unpaired) electrons. The Hall–Kier alpha value is -0.700. The Balaban J connectivity index is 2.38. The molecule has 1 aliphatic heterocycles. The van der Waals surface area contributed by atoms with E-state index in [4.69, 9.17) is 10.5 Å². The topological polar surface area (TPSA) is 72.6 Å². The zero-order valence-corrected chi connectivity index (χ0v) is 12.7. The van der Waals surface area contributed by atoms with Crippen molar-refractivity contribution in [1.82, 2.24) is 4.31 Å². The van der Waals surface area contributed by atoms with E-state index in [-0.39, 0.29) is 27.7 Å². The van der Waals surface area contributed by atoms with Gasteiger partial charge in [-0.3, -0.25) is 0 Å². The summed E-state index contributed by atoms with van der Waals surface area (Å²) in [6, 6.07) is 2.20. The fraction of sp³-hybridized carbons (Fsp3) is 0.455. The highest BCUT2D eigenvalue weighted by Crippen LogP contribution is 2.30. The van der Waals surface area contributed by atoms with Gasteiger partial charge in [0.15, 0.2) is 0 Å². The minimum Gasteiger partial charge on any atom is -0.398 e. The first kappa shape index (κ1) is 14.7. The van der Waals surface area contributed by atoms with E-state index in [0.29, 0.717) is 13.0 Å². The number of nitrogen functional groups attached to an aromatic ring is 1. The number of anilines is 1. The van der Waals surface area contributed by atoms with E-state index in [9.17, 15) is 12.8 Å². The number of ether oxygens (including phenoxy) is 1. The summed E-state index contributed by atoms with van der Waals surface area (Å²) in [5.74, 6) is -0.590. The first-order chi connectivity index (χ1) is 8.86. The highest BCUT2D eigenvalue weighted by Gasteiger charge is 2.34. The third kappa shape index (κ3) is 2.76. The van der Waals surface area contributed by atoms with Crippen LogP contribution in [0, 0.1) is 5.82 Å². The average molecular weight is 353 g/mol. The summed E-state index contributed by atoms with van der Waals surface area (Å²) >= 11 is 2.97. The molecule has 1 atom stereocenters. The highest BCUT2D eigenvalue weighted by molar-refractivity contribution is 9.10. The summed E-state index contributed by atoms with van der Waals surface area (Å²) in [7, 11) is -2.17. The number of sulfonamides is 1. The van der Waals surface area contributed by atoms with Crippen LogP contribution in [0.5, 0.6) is 0 Å². The van der Waals surface area contributed by atoms with Gasteiger partial charge in [-0.05, 0) is 34.5 Å². The van der Waals surface area contributed by atoms with Crippen molar-refractivity contribution >= 4 is 31.6 Å². The Bertz CT molecular complexity index is 594. The zero-order valence-electron chi connectivity index (χ0n) is 10.3. The maximum Gasteiger partial charge on any atom is 0.245 e. The zero-order chi connectivity index (χ0) is 14.2. The maximum atomic E-state index is 13.3. The molecule has 1 aromatic rings. The van der Waals surface area contributed by atoms with Gasteiger partial charge in [0.25, 0.3) is 0 Å². The molecule has 5 nitrogen and oxygen atoms in total. The lowest BCUT2D eigenvalue weighted by molar-refractivity contribution is 0.115. The van der Waals surface area contributed by atoms with Crippen LogP contribution in [0.3, 0.4) is 0 Å². The molecule has 1 unspecified atom stereocenters. The summed E-state index contributed by atoms with van der Waals surface area (Å²) in [6.07, 6.45) is 0.526. The Morgan fingerprint density at radius 1 is 1.53 bits per heavy atom. The van der Waals surface area contributed by atoms with Crippen LogP contribution in [0.15, 0.2) is 21.5 Å². The summed E-state index contributed by atoms with van der Waals surface area (Å²) in [5.41, 5.74) is 5.52. The molecule has 2 rings (SSSR count). The number of benzene rings is 1. The molecule has 8 heteroatoms. The molecule has 0 aromatic heterocycles. The molecule has 0 aliphatic carbocycles. The number of halogens is 2. The molecule has 1 heterocycles. The van der Waals surface area contributed by atoms with E-state index in [1.807, 2.05) is 0 Å². The number of rotatable bonds is 3. The van der Waals surface area contributed by atoms with Crippen LogP contribution >= 0.6 is 15.9 Å². The molecule has 0 saturated carbocycles. The number of hydrogen-bond donors (Lipinski definition) is 1. The maximum absolute atomic E-state index is 13.3. The molecule has 0 bridgehead atoms. The predicted octanol–water partition coefficient (Wildman–Crippen LogP) is 1.58. The number of hydrogen-bond acceptors (Lipinski definition) is 4. The Morgan fingerprint density at radius 3 is 2.79 bits per heavy atom. The van der Waals surface area contributed by atoms with Gasteiger partial charge >= 0.3 is 0 Å². The lowest BCUT2D eigenvalue weighted by Gasteiger charge is -2.18. The number of nitrogens with two attached hydrogens (primary N) is 1. The Labute approximate surface area is 119 Å². The first-order valence-electron chi connectivity index (χ1n) is 5.63. The fourth-order valence-corrected chi connectivity index (χ4v) is 4.12. The van der Waals surface area contributed by atoms with E-state index >= 15 is 0 Å². The van der Waals surface area contributed by atoms with Gasteiger partial charge in [-0.15, -0.1) is 0 Å². The number of methoxy groups -OCH3 is 1. The van der Waals surface area contributed by atoms with Crippen molar-refractivity contribution in [2.24, 2.45) is 0 Å². The quantitative estimate of drug-likeness (QED) is 0.838. The molecule has 19 heavy (non-hydrogen) atoms. The second-order valence-electron chi connectivity index (χ2n) is 4.31. The monoisotopic (exact) mass is 352 g/mol. The summed E-state index contributed by atoms with van der Waals surface area (Å²) in [4.78, 5) is -0.0856. The van der Waals surface area contributed by atoms with Gasteiger partial charge in [0.05, 0.1) is 16.3 Å². The average Bonchev–Trinajstić information content (AvgIpc) is 2.83. The van der Waals surface area contributed by atoms with Gasteiger partial charge < -0.3 is 10.5 Å². The van der Waals surface area contributed by atoms with E-state index < -0.39 is 15.8 Å². The standard InChI is InChI=1S/C11H14BrFN2O3S/c1-18-7-2-3-15(6-7)19(16,17)11-4-8(12)9(13)5-10(11)14/h4-5,7H,2-3,6,14H2,1H3. The van der Waals surface area contributed by atoms with Crippen molar-refractivity contribution in [3.8, 4) is 0 Å². The number of nitrogens with zero attached hydrogens (tertiary/aromatic N) is 1. The molecule has 106 valence electrons. The Morgan fingerprint density at radius 2 is 2.21 bits per heavy atom. The van der Waals surface area contributed by atoms with E-state index in [2.05, 4.69) is 15.9 Å². The van der Waals surface area contributed by atoms with Crippen LogP contribution in [-0.4, -0.2) is 39.0 Å². The molecule has 2 N–H and O–H groups in total. The lowest BCUT2D eigenvalue weighted by Crippen LogP contribution is -2.30. The molecule has 1 saturated heterocycles. The van der Waals surface area contributed by atoms with Gasteiger partial charge in [-0.1, -0.05) is 0 Å². The molecule has 1 aliphatic rings. The summed E-state index contributed by atoms with van der Waals surface area (Å²) in [6.45, 7) is 0.655. The first-order valence-corrected chi connectivity index (χ1v) is 7.87. The van der Waals surface area contributed by atoms with Crippen molar-refractivity contribution in [1.29, 1.82) is 0 Å². The van der Waals surface area contributed by atoms with Gasteiger partial charge in [-0.2, -0.15) is 4.31 Å². The molecule has 1 aromatic carbocycles. The van der Waals surface area contributed by atoms with Crippen molar-refractivity contribution in [3.05, 3.63) is 22.4 Å². The minimum absolute atomic E-state index is 0.0720. The molecule has 0 spiro atoms. The minimum atomic E-state index is -3.72. The van der Waals surface area contributed by atoms with E-state index in [1.165, 1.54) is 10.4 Å². The third-order valence-electron chi connectivity index (χ3n) is 3.11. The van der Waals surface area contributed by atoms with Crippen LogP contribution in [0.25, 0.3) is 0 Å². The van der Waals surface area contributed by atoms with Crippen molar-refractivity contribution in [3.63, 3.8) is 0 Å². The smallest absolute Gasteiger partial charge is 0.245 e. The largest absolute Gasteiger partial charge is 0.398 e. The van der Waals surface area contributed by atoms with Crippen molar-refractivity contribution in [2.75, 3.05) is 25.9 Å². The second-order valence-corrected chi connectivity index (χ2v) is 7.07. The van der Waals surface area contributed by atoms with Gasteiger partial charge in [0, 0.05) is 20.2 Å². The van der Waals surface area contributed by atoms with Crippen molar-refractivity contribution in [2.45, 2.75) is 17.4 Å².